The van der Waals surface area contributed by atoms with Crippen LogP contribution in [-0.4, -0.2) is 15.0 Å². The van der Waals surface area contributed by atoms with Crippen molar-refractivity contribution >= 4 is 21.8 Å². The van der Waals surface area contributed by atoms with Gasteiger partial charge < -0.3 is 4.98 Å². The van der Waals surface area contributed by atoms with Crippen LogP contribution in [0.25, 0.3) is 55.6 Å². The summed E-state index contributed by atoms with van der Waals surface area (Å²) in [4.78, 5) is 13.2. The monoisotopic (exact) mass is 425 g/mol. The highest BCUT2D eigenvalue weighted by Gasteiger charge is 2.16. The van der Waals surface area contributed by atoms with Crippen molar-refractivity contribution < 1.29 is 0 Å². The zero-order chi connectivity index (χ0) is 22.4. The summed E-state index contributed by atoms with van der Waals surface area (Å²) in [6.07, 6.45) is 1.81. The van der Waals surface area contributed by atoms with E-state index < -0.39 is 0 Å². The molecule has 3 nitrogen and oxygen atoms in total. The molecule has 0 bridgehead atoms. The van der Waals surface area contributed by atoms with Gasteiger partial charge in [-0.25, -0.2) is 4.98 Å². The number of pyridine rings is 2. The Balaban J connectivity index is 1.63. The number of aryl methyl sites for hydroxylation is 2. The Labute approximate surface area is 192 Å². The number of H-pyrrole nitrogens is 1. The maximum absolute atomic E-state index is 4.99. The Morgan fingerprint density at radius 1 is 0.576 bits per heavy atom. The molecule has 33 heavy (non-hydrogen) atoms. The first kappa shape index (κ1) is 19.4. The van der Waals surface area contributed by atoms with Crippen LogP contribution < -0.4 is 0 Å². The first-order valence-corrected chi connectivity index (χ1v) is 11.2. The molecule has 6 rings (SSSR count). The topological polar surface area (TPSA) is 41.6 Å². The first-order chi connectivity index (χ1) is 16.2. The van der Waals surface area contributed by atoms with Gasteiger partial charge in [-0.05, 0) is 79.1 Å². The third-order valence-electron chi connectivity index (χ3n) is 6.14. The molecule has 0 aliphatic heterocycles. The molecule has 3 heteroatoms. The summed E-state index contributed by atoms with van der Waals surface area (Å²) in [7, 11) is 0. The molecule has 3 aromatic carbocycles. The van der Waals surface area contributed by atoms with E-state index in [-0.39, 0.29) is 0 Å². The molecule has 158 valence electrons. The van der Waals surface area contributed by atoms with Crippen LogP contribution in [0.1, 0.15) is 11.1 Å². The van der Waals surface area contributed by atoms with Crippen LogP contribution in [0.4, 0.5) is 0 Å². The number of rotatable bonds is 3. The van der Waals surface area contributed by atoms with Gasteiger partial charge in [0, 0.05) is 28.1 Å². The number of nitrogens with one attached hydrogen (secondary N) is 1. The van der Waals surface area contributed by atoms with E-state index in [2.05, 4.69) is 90.5 Å². The lowest BCUT2D eigenvalue weighted by Gasteiger charge is -2.07. The minimum Gasteiger partial charge on any atom is -0.353 e. The maximum atomic E-state index is 4.99. The molecule has 0 amide bonds. The molecule has 0 saturated carbocycles. The lowest BCUT2D eigenvalue weighted by Crippen LogP contribution is -1.91. The van der Waals surface area contributed by atoms with Crippen molar-refractivity contribution in [3.8, 4) is 33.8 Å². The first-order valence-electron chi connectivity index (χ1n) is 11.2. The van der Waals surface area contributed by atoms with Crippen LogP contribution in [0.5, 0.6) is 0 Å². The van der Waals surface area contributed by atoms with Crippen molar-refractivity contribution in [2.45, 2.75) is 13.8 Å². The predicted octanol–water partition coefficient (Wildman–Crippen LogP) is 7.73. The van der Waals surface area contributed by atoms with Gasteiger partial charge in [-0.3, -0.25) is 4.98 Å². The molecule has 0 aliphatic carbocycles. The predicted molar refractivity (Wildman–Crippen MR) is 137 cm³/mol. The molecule has 3 heterocycles. The van der Waals surface area contributed by atoms with Crippen molar-refractivity contribution in [1.29, 1.82) is 0 Å². The van der Waals surface area contributed by atoms with E-state index in [4.69, 9.17) is 4.98 Å². The highest BCUT2D eigenvalue weighted by molar-refractivity contribution is 6.15. The number of nitrogens with zero attached hydrogens (tertiary/aromatic N) is 2. The van der Waals surface area contributed by atoms with Crippen LogP contribution >= 0.6 is 0 Å². The Morgan fingerprint density at radius 2 is 1.21 bits per heavy atom. The molecule has 0 saturated heterocycles. The smallest absolute Gasteiger partial charge is 0.0893 e. The van der Waals surface area contributed by atoms with Gasteiger partial charge >= 0.3 is 0 Å². The molecule has 0 spiro atoms. The molecule has 0 fully saturated rings. The van der Waals surface area contributed by atoms with Gasteiger partial charge in [0.1, 0.15) is 0 Å². The van der Waals surface area contributed by atoms with Gasteiger partial charge in [-0.15, -0.1) is 0 Å². The summed E-state index contributed by atoms with van der Waals surface area (Å²) >= 11 is 0. The SMILES string of the molecule is Cc1cc(-c2ccccc2)c2[nH]c3c(-c4cccc(-c5ccccn5)n4)cc(C)cc3c2c1. The number of hydrogen-bond acceptors (Lipinski definition) is 2. The zero-order valence-corrected chi connectivity index (χ0v) is 18.6. The minimum atomic E-state index is 0.875. The third kappa shape index (κ3) is 3.39. The molecule has 0 atom stereocenters. The van der Waals surface area contributed by atoms with Gasteiger partial charge in [-0.1, -0.05) is 42.5 Å². The zero-order valence-electron chi connectivity index (χ0n) is 18.6. The average Bonchev–Trinajstić information content (AvgIpc) is 3.22. The molecular weight excluding hydrogens is 402 g/mol. The molecular formula is C30H23N3. The van der Waals surface area contributed by atoms with Crippen LogP contribution in [0.3, 0.4) is 0 Å². The van der Waals surface area contributed by atoms with Crippen LogP contribution in [0, 0.1) is 13.8 Å². The highest BCUT2D eigenvalue weighted by atomic mass is 14.8. The van der Waals surface area contributed by atoms with Gasteiger partial charge in [0.15, 0.2) is 0 Å². The van der Waals surface area contributed by atoms with E-state index in [0.717, 1.165) is 33.7 Å². The molecule has 1 N–H and O–H groups in total. The van der Waals surface area contributed by atoms with E-state index in [1.54, 1.807) is 6.20 Å². The highest BCUT2D eigenvalue weighted by Crippen LogP contribution is 2.38. The number of benzene rings is 3. The fourth-order valence-electron chi connectivity index (χ4n) is 4.68. The second-order valence-electron chi connectivity index (χ2n) is 8.58. The fourth-order valence-corrected chi connectivity index (χ4v) is 4.68. The Bertz CT molecular complexity index is 1610. The quantitative estimate of drug-likeness (QED) is 0.315. The van der Waals surface area contributed by atoms with Crippen LogP contribution in [0.2, 0.25) is 0 Å². The number of aromatic nitrogens is 3. The summed E-state index contributed by atoms with van der Waals surface area (Å²) in [5.41, 5.74) is 11.0. The molecule has 3 aromatic heterocycles. The van der Waals surface area contributed by atoms with Gasteiger partial charge in [0.05, 0.1) is 28.1 Å². The summed E-state index contributed by atoms with van der Waals surface area (Å²) in [6.45, 7) is 4.32. The van der Waals surface area contributed by atoms with Gasteiger partial charge in [-0.2, -0.15) is 0 Å². The largest absolute Gasteiger partial charge is 0.353 e. The van der Waals surface area contributed by atoms with E-state index in [0.29, 0.717) is 0 Å². The normalized spacial score (nSPS) is 11.3. The van der Waals surface area contributed by atoms with Crippen molar-refractivity contribution in [1.82, 2.24) is 15.0 Å². The van der Waals surface area contributed by atoms with Crippen molar-refractivity contribution in [2.24, 2.45) is 0 Å². The average molecular weight is 426 g/mol. The Morgan fingerprint density at radius 3 is 1.94 bits per heavy atom. The molecule has 0 radical (unpaired) electrons. The number of aromatic amines is 1. The van der Waals surface area contributed by atoms with E-state index >= 15 is 0 Å². The Kier molecular flexibility index (Phi) is 4.55. The molecule has 6 aromatic rings. The minimum absolute atomic E-state index is 0.875. The molecule has 0 aliphatic rings. The van der Waals surface area contributed by atoms with Crippen LogP contribution in [0.15, 0.2) is 97.2 Å². The summed E-state index contributed by atoms with van der Waals surface area (Å²) < 4.78 is 0. The fraction of sp³-hybridized carbons (Fsp3) is 0.0667. The summed E-state index contributed by atoms with van der Waals surface area (Å²) in [5.74, 6) is 0. The lowest BCUT2D eigenvalue weighted by molar-refractivity contribution is 1.25. The van der Waals surface area contributed by atoms with E-state index in [1.807, 2.05) is 24.3 Å². The van der Waals surface area contributed by atoms with Crippen molar-refractivity contribution in [3.05, 3.63) is 108 Å². The summed E-state index contributed by atoms with van der Waals surface area (Å²) in [5, 5.41) is 2.47. The lowest BCUT2D eigenvalue weighted by atomic mass is 9.98. The number of hydrogen-bond donors (Lipinski definition) is 1. The second kappa shape index (κ2) is 7.72. The van der Waals surface area contributed by atoms with Crippen LogP contribution in [-0.2, 0) is 0 Å². The third-order valence-corrected chi connectivity index (χ3v) is 6.14. The summed E-state index contributed by atoms with van der Waals surface area (Å²) in [6, 6.07) is 31.7. The van der Waals surface area contributed by atoms with E-state index in [9.17, 15) is 0 Å². The maximum Gasteiger partial charge on any atom is 0.0893 e. The van der Waals surface area contributed by atoms with Gasteiger partial charge in [0.2, 0.25) is 0 Å². The number of fused-ring (bicyclic) bond motifs is 3. The second-order valence-corrected chi connectivity index (χ2v) is 8.58. The Hall–Kier alpha value is -4.24. The van der Waals surface area contributed by atoms with Crippen molar-refractivity contribution in [2.75, 3.05) is 0 Å². The van der Waals surface area contributed by atoms with Crippen molar-refractivity contribution in [3.63, 3.8) is 0 Å². The molecule has 0 unspecified atom stereocenters. The standard InChI is InChI=1S/C30H23N3/c1-19-15-22(21-9-4-3-5-10-21)29-23(16-19)24-17-20(2)18-25(30(24)33-29)26-12-8-13-28(32-26)27-11-6-7-14-31-27/h3-18,33H,1-2H3. The van der Waals surface area contributed by atoms with Gasteiger partial charge in [0.25, 0.3) is 0 Å². The van der Waals surface area contributed by atoms with E-state index in [1.165, 1.54) is 33.0 Å².